The summed E-state index contributed by atoms with van der Waals surface area (Å²) in [5.41, 5.74) is 0.864. The number of benzene rings is 2. The summed E-state index contributed by atoms with van der Waals surface area (Å²) in [5, 5.41) is -0.354. The second-order valence-electron chi connectivity index (χ2n) is 3.94. The first-order valence-corrected chi connectivity index (χ1v) is 7.08. The van der Waals surface area contributed by atoms with Crippen LogP contribution in [0, 0.1) is 5.82 Å². The summed E-state index contributed by atoms with van der Waals surface area (Å²) in [6.07, 6.45) is 0. The predicted molar refractivity (Wildman–Crippen MR) is 80.1 cm³/mol. The minimum absolute atomic E-state index is 0.109. The Labute approximate surface area is 133 Å². The molecule has 104 valence electrons. The van der Waals surface area contributed by atoms with Gasteiger partial charge in [0.15, 0.2) is 0 Å². The smallest absolute Gasteiger partial charge is 0.256 e. The highest BCUT2D eigenvalue weighted by Crippen LogP contribution is 2.26. The molecular weight excluding hydrogens is 370 g/mol. The summed E-state index contributed by atoms with van der Waals surface area (Å²) in [4.78, 5) is 11.3. The van der Waals surface area contributed by atoms with Gasteiger partial charge in [-0.25, -0.2) is 4.39 Å². The van der Waals surface area contributed by atoms with Crippen LogP contribution >= 0.6 is 39.1 Å². The normalized spacial score (nSPS) is 10.4. The fraction of sp³-hybridized carbons (Fsp3) is 0.0714. The maximum atomic E-state index is 12.9. The molecule has 2 aromatic carbocycles. The molecule has 6 heteroatoms. The lowest BCUT2D eigenvalue weighted by Crippen LogP contribution is -2.01. The third kappa shape index (κ3) is 3.72. The quantitative estimate of drug-likeness (QED) is 0.684. The fourth-order valence-corrected chi connectivity index (χ4v) is 2.31. The molecule has 0 radical (unpaired) electrons. The van der Waals surface area contributed by atoms with Crippen molar-refractivity contribution in [3.63, 3.8) is 0 Å². The van der Waals surface area contributed by atoms with E-state index in [1.165, 1.54) is 18.2 Å². The average molecular weight is 378 g/mol. The molecule has 0 unspecified atom stereocenters. The topological polar surface area (TPSA) is 26.3 Å². The maximum absolute atomic E-state index is 12.9. The number of carbonyl (C=O) groups excluding carboxylic acids is 1. The van der Waals surface area contributed by atoms with E-state index in [0.29, 0.717) is 15.8 Å². The monoisotopic (exact) mass is 376 g/mol. The molecule has 0 aliphatic carbocycles. The van der Waals surface area contributed by atoms with Crippen LogP contribution in [-0.4, -0.2) is 5.24 Å². The van der Waals surface area contributed by atoms with Crippen molar-refractivity contribution in [1.29, 1.82) is 0 Å². The second kappa shape index (κ2) is 6.57. The first-order valence-electron chi connectivity index (χ1n) is 5.53. The Kier molecular flexibility index (Phi) is 5.02. The van der Waals surface area contributed by atoms with Crippen molar-refractivity contribution in [1.82, 2.24) is 0 Å². The molecule has 0 N–H and O–H groups in total. The van der Waals surface area contributed by atoms with Crippen LogP contribution in [0.25, 0.3) is 0 Å². The lowest BCUT2D eigenvalue weighted by molar-refractivity contribution is 0.107. The number of halogens is 4. The van der Waals surface area contributed by atoms with Crippen LogP contribution in [0.2, 0.25) is 5.02 Å². The number of rotatable bonds is 4. The molecule has 0 spiro atoms. The van der Waals surface area contributed by atoms with Crippen molar-refractivity contribution in [2.75, 3.05) is 0 Å². The van der Waals surface area contributed by atoms with Gasteiger partial charge in [0.2, 0.25) is 0 Å². The van der Waals surface area contributed by atoms with Gasteiger partial charge in [-0.1, -0.05) is 33.6 Å². The number of hydrogen-bond acceptors (Lipinski definition) is 2. The molecular formula is C14H8BrCl2FO2. The summed E-state index contributed by atoms with van der Waals surface area (Å²) < 4.78 is 19.2. The van der Waals surface area contributed by atoms with Crippen molar-refractivity contribution < 1.29 is 13.9 Å². The lowest BCUT2D eigenvalue weighted by atomic mass is 10.2. The predicted octanol–water partition coefficient (Wildman–Crippen LogP) is 5.20. The molecule has 0 amide bonds. The summed E-state index contributed by atoms with van der Waals surface area (Å²) in [6.45, 7) is 0.109. The Hall–Kier alpha value is -1.10. The van der Waals surface area contributed by atoms with E-state index in [4.69, 9.17) is 27.9 Å². The summed E-state index contributed by atoms with van der Waals surface area (Å²) in [7, 11) is 0. The Balaban J connectivity index is 2.20. The van der Waals surface area contributed by atoms with Crippen LogP contribution in [0.3, 0.4) is 0 Å². The van der Waals surface area contributed by atoms with Gasteiger partial charge in [0.25, 0.3) is 5.24 Å². The standard InChI is InChI=1S/C14H8BrCl2FO2/c15-9-2-4-13(11(5-9)14(17)19)20-7-8-1-3-10(18)6-12(8)16/h1-6H,7H2. The van der Waals surface area contributed by atoms with Gasteiger partial charge in [-0.2, -0.15) is 0 Å². The van der Waals surface area contributed by atoms with Crippen LogP contribution in [-0.2, 0) is 6.61 Å². The molecule has 0 aliphatic rings. The van der Waals surface area contributed by atoms with Crippen molar-refractivity contribution in [2.24, 2.45) is 0 Å². The van der Waals surface area contributed by atoms with Crippen molar-refractivity contribution in [3.05, 3.63) is 62.8 Å². The van der Waals surface area contributed by atoms with Crippen LogP contribution < -0.4 is 4.74 Å². The van der Waals surface area contributed by atoms with Gasteiger partial charge < -0.3 is 4.74 Å². The molecule has 0 saturated carbocycles. The van der Waals surface area contributed by atoms with E-state index in [1.54, 1.807) is 18.2 Å². The van der Waals surface area contributed by atoms with Crippen molar-refractivity contribution in [3.8, 4) is 5.75 Å². The third-order valence-corrected chi connectivity index (χ3v) is 3.60. The van der Waals surface area contributed by atoms with Gasteiger partial charge in [0.05, 0.1) is 10.6 Å². The maximum Gasteiger partial charge on any atom is 0.256 e. The molecule has 0 bridgehead atoms. The largest absolute Gasteiger partial charge is 0.488 e. The summed E-state index contributed by atoms with van der Waals surface area (Å²) in [5.74, 6) is -0.0763. The zero-order valence-corrected chi connectivity index (χ0v) is 13.1. The number of hydrogen-bond donors (Lipinski definition) is 0. The Morgan fingerprint density at radius 3 is 2.65 bits per heavy atom. The third-order valence-electron chi connectivity index (χ3n) is 2.55. The van der Waals surface area contributed by atoms with Gasteiger partial charge in [-0.3, -0.25) is 4.79 Å². The van der Waals surface area contributed by atoms with Crippen molar-refractivity contribution >= 4 is 44.4 Å². The number of ether oxygens (including phenoxy) is 1. The van der Waals surface area contributed by atoms with Gasteiger partial charge in [-0.05, 0) is 41.9 Å². The highest BCUT2D eigenvalue weighted by molar-refractivity contribution is 9.10. The highest BCUT2D eigenvalue weighted by atomic mass is 79.9. The van der Waals surface area contributed by atoms with E-state index in [1.807, 2.05) is 0 Å². The molecule has 2 aromatic rings. The van der Waals surface area contributed by atoms with E-state index in [9.17, 15) is 9.18 Å². The molecule has 0 heterocycles. The molecule has 20 heavy (non-hydrogen) atoms. The fourth-order valence-electron chi connectivity index (χ4n) is 1.58. The van der Waals surface area contributed by atoms with E-state index < -0.39 is 11.1 Å². The minimum Gasteiger partial charge on any atom is -0.488 e. The van der Waals surface area contributed by atoms with Crippen LogP contribution in [0.1, 0.15) is 15.9 Å². The van der Waals surface area contributed by atoms with E-state index in [2.05, 4.69) is 15.9 Å². The highest BCUT2D eigenvalue weighted by Gasteiger charge is 2.12. The molecule has 0 aromatic heterocycles. The van der Waals surface area contributed by atoms with Crippen LogP contribution in [0.5, 0.6) is 5.75 Å². The first kappa shape index (κ1) is 15.3. The zero-order valence-electron chi connectivity index (χ0n) is 10.00. The molecule has 0 atom stereocenters. The molecule has 0 saturated heterocycles. The summed E-state index contributed by atoms with van der Waals surface area (Å²) >= 11 is 14.7. The first-order chi connectivity index (χ1) is 9.47. The Bertz CT molecular complexity index is 662. The van der Waals surface area contributed by atoms with Crippen LogP contribution in [0.4, 0.5) is 4.39 Å². The zero-order chi connectivity index (χ0) is 14.7. The Morgan fingerprint density at radius 2 is 2.00 bits per heavy atom. The van der Waals surface area contributed by atoms with Gasteiger partial charge in [0.1, 0.15) is 18.2 Å². The van der Waals surface area contributed by atoms with Gasteiger partial charge in [-0.15, -0.1) is 0 Å². The molecule has 0 aliphatic heterocycles. The molecule has 2 nitrogen and oxygen atoms in total. The molecule has 0 fully saturated rings. The molecule has 2 rings (SSSR count). The van der Waals surface area contributed by atoms with E-state index >= 15 is 0 Å². The second-order valence-corrected chi connectivity index (χ2v) is 5.60. The van der Waals surface area contributed by atoms with E-state index in [-0.39, 0.29) is 17.2 Å². The SMILES string of the molecule is O=C(Cl)c1cc(Br)ccc1OCc1ccc(F)cc1Cl. The number of carbonyl (C=O) groups is 1. The van der Waals surface area contributed by atoms with Crippen molar-refractivity contribution in [2.45, 2.75) is 6.61 Å². The minimum atomic E-state index is -0.619. The van der Waals surface area contributed by atoms with Crippen LogP contribution in [0.15, 0.2) is 40.9 Å². The van der Waals surface area contributed by atoms with Gasteiger partial charge >= 0.3 is 0 Å². The Morgan fingerprint density at radius 1 is 1.25 bits per heavy atom. The summed E-state index contributed by atoms with van der Waals surface area (Å²) in [6, 6.07) is 8.94. The van der Waals surface area contributed by atoms with Gasteiger partial charge in [0, 0.05) is 10.0 Å². The lowest BCUT2D eigenvalue weighted by Gasteiger charge is -2.10. The van der Waals surface area contributed by atoms with E-state index in [0.717, 1.165) is 0 Å². The average Bonchev–Trinajstić information content (AvgIpc) is 2.38.